The molecule has 0 bridgehead atoms. The fourth-order valence-electron chi connectivity index (χ4n) is 3.70. The molecule has 3 rings (SSSR count). The van der Waals surface area contributed by atoms with E-state index < -0.39 is 17.4 Å². The van der Waals surface area contributed by atoms with Crippen molar-refractivity contribution in [2.24, 2.45) is 0 Å². The Labute approximate surface area is 205 Å². The molecule has 6 heteroatoms. The summed E-state index contributed by atoms with van der Waals surface area (Å²) in [6, 6.07) is 22.0. The molecule has 0 aliphatic heterocycles. The van der Waals surface area contributed by atoms with Gasteiger partial charge in [-0.2, -0.15) is 0 Å². The van der Waals surface area contributed by atoms with Gasteiger partial charge in [-0.05, 0) is 50.1 Å². The van der Waals surface area contributed by atoms with Crippen LogP contribution in [0.5, 0.6) is 0 Å². The van der Waals surface area contributed by atoms with Crippen molar-refractivity contribution < 1.29 is 14.0 Å². The topological polar surface area (TPSA) is 49.4 Å². The van der Waals surface area contributed by atoms with Crippen LogP contribution < -0.4 is 5.32 Å². The molecule has 0 heterocycles. The van der Waals surface area contributed by atoms with E-state index in [0.717, 1.165) is 11.1 Å². The Hall–Kier alpha value is -3.18. The summed E-state index contributed by atoms with van der Waals surface area (Å²) in [5.74, 6) is -0.964. The van der Waals surface area contributed by atoms with Gasteiger partial charge >= 0.3 is 0 Å². The summed E-state index contributed by atoms with van der Waals surface area (Å²) in [4.78, 5) is 28.6. The fourth-order valence-corrected chi connectivity index (χ4v) is 3.82. The molecule has 178 valence electrons. The zero-order chi connectivity index (χ0) is 24.7. The number of rotatable bonds is 8. The third-order valence-electron chi connectivity index (χ3n) is 5.34. The normalized spacial score (nSPS) is 12.1. The van der Waals surface area contributed by atoms with E-state index in [1.807, 2.05) is 51.1 Å². The van der Waals surface area contributed by atoms with Gasteiger partial charge in [-0.25, -0.2) is 4.39 Å². The largest absolute Gasteiger partial charge is 0.350 e. The SMILES string of the molecule is CC(C)(C)NC(=O)[C@@H](Cc1ccccc1)N(Cc1ccccc1F)C(=O)Cc1ccc(Cl)cc1. The lowest BCUT2D eigenvalue weighted by atomic mass is 9.99. The lowest BCUT2D eigenvalue weighted by molar-refractivity contribution is -0.141. The van der Waals surface area contributed by atoms with Crippen molar-refractivity contribution in [2.75, 3.05) is 0 Å². The average molecular weight is 481 g/mol. The minimum atomic E-state index is -0.818. The van der Waals surface area contributed by atoms with Crippen LogP contribution in [0.4, 0.5) is 4.39 Å². The minimum Gasteiger partial charge on any atom is -0.350 e. The maximum atomic E-state index is 14.6. The highest BCUT2D eigenvalue weighted by atomic mass is 35.5. The molecule has 1 N–H and O–H groups in total. The standard InChI is InChI=1S/C28H30ClFN2O2/c1-28(2,3)31-27(34)25(17-20-9-5-4-6-10-20)32(19-22-11-7-8-12-24(22)30)26(33)18-21-13-15-23(29)16-14-21/h4-16,25H,17-19H2,1-3H3,(H,31,34)/t25-/m1/s1. The first-order valence-corrected chi connectivity index (χ1v) is 11.6. The van der Waals surface area contributed by atoms with Gasteiger partial charge in [-0.3, -0.25) is 9.59 Å². The number of hydrogen-bond donors (Lipinski definition) is 1. The van der Waals surface area contributed by atoms with Crippen molar-refractivity contribution in [2.45, 2.75) is 51.7 Å². The number of benzene rings is 3. The van der Waals surface area contributed by atoms with E-state index in [0.29, 0.717) is 17.0 Å². The first-order valence-electron chi connectivity index (χ1n) is 11.3. The van der Waals surface area contributed by atoms with Crippen LogP contribution in [0.3, 0.4) is 0 Å². The smallest absolute Gasteiger partial charge is 0.243 e. The highest BCUT2D eigenvalue weighted by molar-refractivity contribution is 6.30. The number of nitrogens with zero attached hydrogens (tertiary/aromatic N) is 1. The van der Waals surface area contributed by atoms with Crippen molar-refractivity contribution in [3.8, 4) is 0 Å². The van der Waals surface area contributed by atoms with Crippen LogP contribution in [-0.2, 0) is 29.0 Å². The van der Waals surface area contributed by atoms with Crippen LogP contribution in [-0.4, -0.2) is 28.3 Å². The van der Waals surface area contributed by atoms with Gasteiger partial charge in [0.25, 0.3) is 0 Å². The van der Waals surface area contributed by atoms with Gasteiger partial charge in [0.05, 0.1) is 6.42 Å². The Balaban J connectivity index is 1.99. The zero-order valence-corrected chi connectivity index (χ0v) is 20.5. The third kappa shape index (κ3) is 7.42. The summed E-state index contributed by atoms with van der Waals surface area (Å²) in [6.45, 7) is 5.65. The first-order chi connectivity index (χ1) is 16.1. The first kappa shape index (κ1) is 25.4. The Morgan fingerprint density at radius 1 is 0.912 bits per heavy atom. The summed E-state index contributed by atoms with van der Waals surface area (Å²) < 4.78 is 14.6. The molecule has 0 aromatic heterocycles. The van der Waals surface area contributed by atoms with E-state index in [9.17, 15) is 14.0 Å². The number of amides is 2. The molecule has 3 aromatic carbocycles. The number of carbonyl (C=O) groups excluding carboxylic acids is 2. The molecule has 3 aromatic rings. The summed E-state index contributed by atoms with van der Waals surface area (Å²) in [5, 5.41) is 3.58. The number of carbonyl (C=O) groups is 2. The summed E-state index contributed by atoms with van der Waals surface area (Å²) >= 11 is 5.99. The number of nitrogens with one attached hydrogen (secondary N) is 1. The van der Waals surface area contributed by atoms with Crippen LogP contribution in [0.25, 0.3) is 0 Å². The molecule has 0 saturated heterocycles. The Morgan fingerprint density at radius 3 is 2.15 bits per heavy atom. The predicted molar refractivity (Wildman–Crippen MR) is 134 cm³/mol. The van der Waals surface area contributed by atoms with Crippen molar-refractivity contribution >= 4 is 23.4 Å². The van der Waals surface area contributed by atoms with Crippen LogP contribution in [0.2, 0.25) is 5.02 Å². The molecule has 2 amide bonds. The lowest BCUT2D eigenvalue weighted by Gasteiger charge is -2.34. The number of halogens is 2. The van der Waals surface area contributed by atoms with Crippen LogP contribution in [0, 0.1) is 5.82 Å². The van der Waals surface area contributed by atoms with E-state index in [-0.39, 0.29) is 24.8 Å². The second-order valence-corrected chi connectivity index (χ2v) is 9.80. The van der Waals surface area contributed by atoms with Gasteiger partial charge in [0.15, 0.2) is 0 Å². The summed E-state index contributed by atoms with van der Waals surface area (Å²) in [6.07, 6.45) is 0.378. The molecule has 0 fully saturated rings. The predicted octanol–water partition coefficient (Wildman–Crippen LogP) is 5.58. The molecule has 0 saturated carbocycles. The highest BCUT2D eigenvalue weighted by Gasteiger charge is 2.32. The lowest BCUT2D eigenvalue weighted by Crippen LogP contribution is -2.54. The molecule has 0 spiro atoms. The average Bonchev–Trinajstić information content (AvgIpc) is 2.78. The van der Waals surface area contributed by atoms with Crippen LogP contribution in [0.15, 0.2) is 78.9 Å². The van der Waals surface area contributed by atoms with Crippen molar-refractivity contribution in [1.82, 2.24) is 10.2 Å². The maximum Gasteiger partial charge on any atom is 0.243 e. The molecule has 0 unspecified atom stereocenters. The van der Waals surface area contributed by atoms with Gasteiger partial charge in [0, 0.05) is 29.1 Å². The van der Waals surface area contributed by atoms with E-state index in [1.165, 1.54) is 11.0 Å². The van der Waals surface area contributed by atoms with E-state index >= 15 is 0 Å². The molecule has 34 heavy (non-hydrogen) atoms. The quantitative estimate of drug-likeness (QED) is 0.457. The molecular weight excluding hydrogens is 451 g/mol. The van der Waals surface area contributed by atoms with Crippen molar-refractivity contribution in [1.29, 1.82) is 0 Å². The van der Waals surface area contributed by atoms with Gasteiger partial charge in [-0.1, -0.05) is 72.3 Å². The Bertz CT molecular complexity index is 1110. The van der Waals surface area contributed by atoms with Gasteiger partial charge < -0.3 is 10.2 Å². The Morgan fingerprint density at radius 2 is 1.53 bits per heavy atom. The summed E-state index contributed by atoms with van der Waals surface area (Å²) in [5.41, 5.74) is 1.54. The second-order valence-electron chi connectivity index (χ2n) is 9.36. The molecule has 1 atom stereocenters. The monoisotopic (exact) mass is 480 g/mol. The van der Waals surface area contributed by atoms with Gasteiger partial charge in [0.2, 0.25) is 11.8 Å². The van der Waals surface area contributed by atoms with E-state index in [1.54, 1.807) is 42.5 Å². The summed E-state index contributed by atoms with van der Waals surface area (Å²) in [7, 11) is 0. The van der Waals surface area contributed by atoms with E-state index in [4.69, 9.17) is 11.6 Å². The van der Waals surface area contributed by atoms with Crippen molar-refractivity contribution in [3.05, 3.63) is 106 Å². The third-order valence-corrected chi connectivity index (χ3v) is 5.59. The van der Waals surface area contributed by atoms with E-state index in [2.05, 4.69) is 5.32 Å². The van der Waals surface area contributed by atoms with Crippen LogP contribution in [0.1, 0.15) is 37.5 Å². The number of hydrogen-bond acceptors (Lipinski definition) is 2. The fraction of sp³-hybridized carbons (Fsp3) is 0.286. The maximum absolute atomic E-state index is 14.6. The minimum absolute atomic E-state index is 0.0197. The van der Waals surface area contributed by atoms with Gasteiger partial charge in [0.1, 0.15) is 11.9 Å². The highest BCUT2D eigenvalue weighted by Crippen LogP contribution is 2.19. The molecule has 0 radical (unpaired) electrons. The second kappa shape index (κ2) is 11.3. The Kier molecular flexibility index (Phi) is 8.46. The molecule has 4 nitrogen and oxygen atoms in total. The molecule has 0 aliphatic carbocycles. The van der Waals surface area contributed by atoms with Gasteiger partial charge in [-0.15, -0.1) is 0 Å². The molecular formula is C28H30ClFN2O2. The van der Waals surface area contributed by atoms with Crippen molar-refractivity contribution in [3.63, 3.8) is 0 Å². The molecule has 0 aliphatic rings. The van der Waals surface area contributed by atoms with Crippen LogP contribution >= 0.6 is 11.6 Å². The zero-order valence-electron chi connectivity index (χ0n) is 19.7.